The van der Waals surface area contributed by atoms with Crippen LogP contribution in [0, 0.1) is 0 Å². The standard InChI is InChI=1S/C22H24ClN3O3/c1-14(27)26-10-8-22(9-11-26)24-18(16-4-2-3-5-20(16)28)13-19(25-22)17-12-15(23)6-7-21(17)29/h2-7,12,18,24,28-29H,8-11,13H2,1H3/t18-/m1/s1. The molecule has 2 aliphatic rings. The minimum atomic E-state index is -0.568. The van der Waals surface area contributed by atoms with Gasteiger partial charge in [0.2, 0.25) is 5.91 Å². The van der Waals surface area contributed by atoms with Crippen molar-refractivity contribution in [2.24, 2.45) is 4.99 Å². The molecule has 6 nitrogen and oxygen atoms in total. The van der Waals surface area contributed by atoms with Gasteiger partial charge in [0.25, 0.3) is 0 Å². The van der Waals surface area contributed by atoms with Gasteiger partial charge in [-0.1, -0.05) is 29.8 Å². The smallest absolute Gasteiger partial charge is 0.219 e. The zero-order chi connectivity index (χ0) is 20.6. The number of phenolic OH excluding ortho intramolecular Hbond substituents is 2. The van der Waals surface area contributed by atoms with Crippen LogP contribution < -0.4 is 5.32 Å². The Bertz CT molecular complexity index is 968. The Kier molecular flexibility index (Phi) is 5.23. The van der Waals surface area contributed by atoms with Crippen molar-refractivity contribution in [1.82, 2.24) is 10.2 Å². The highest BCUT2D eigenvalue weighted by atomic mass is 35.5. The van der Waals surface area contributed by atoms with Crippen LogP contribution in [-0.4, -0.2) is 45.5 Å². The summed E-state index contributed by atoms with van der Waals surface area (Å²) in [7, 11) is 0. The fraction of sp³-hybridized carbons (Fsp3) is 0.364. The van der Waals surface area contributed by atoms with Crippen LogP contribution in [0.2, 0.25) is 5.02 Å². The molecule has 1 fully saturated rings. The average molecular weight is 414 g/mol. The van der Waals surface area contributed by atoms with E-state index in [0.29, 0.717) is 42.9 Å². The molecule has 0 aromatic heterocycles. The fourth-order valence-corrected chi connectivity index (χ4v) is 4.40. The predicted molar refractivity (Wildman–Crippen MR) is 112 cm³/mol. The van der Waals surface area contributed by atoms with E-state index in [9.17, 15) is 15.0 Å². The van der Waals surface area contributed by atoms with Gasteiger partial charge >= 0.3 is 0 Å². The molecule has 2 aromatic rings. The summed E-state index contributed by atoms with van der Waals surface area (Å²) in [6, 6.07) is 12.0. The molecule has 7 heteroatoms. The lowest BCUT2D eigenvalue weighted by atomic mass is 9.87. The summed E-state index contributed by atoms with van der Waals surface area (Å²) < 4.78 is 0. The quantitative estimate of drug-likeness (QED) is 0.702. The first-order valence-corrected chi connectivity index (χ1v) is 10.1. The van der Waals surface area contributed by atoms with Crippen molar-refractivity contribution in [3.63, 3.8) is 0 Å². The van der Waals surface area contributed by atoms with Crippen LogP contribution in [0.5, 0.6) is 11.5 Å². The third-order valence-corrected chi connectivity index (χ3v) is 6.04. The van der Waals surface area contributed by atoms with Crippen LogP contribution >= 0.6 is 11.6 Å². The van der Waals surface area contributed by atoms with Gasteiger partial charge in [0.05, 0.1) is 0 Å². The summed E-state index contributed by atoms with van der Waals surface area (Å²) in [6.07, 6.45) is 1.81. The first kappa shape index (κ1) is 19.7. The highest BCUT2D eigenvalue weighted by Crippen LogP contribution is 2.38. The molecule has 0 bridgehead atoms. The molecule has 1 atom stereocenters. The Morgan fingerprint density at radius 3 is 2.59 bits per heavy atom. The first-order valence-electron chi connectivity index (χ1n) is 9.76. The third-order valence-electron chi connectivity index (χ3n) is 5.81. The second-order valence-electron chi connectivity index (χ2n) is 7.72. The fourth-order valence-electron chi connectivity index (χ4n) is 4.23. The summed E-state index contributed by atoms with van der Waals surface area (Å²) in [5, 5.41) is 25.0. The monoisotopic (exact) mass is 413 g/mol. The summed E-state index contributed by atoms with van der Waals surface area (Å²) in [6.45, 7) is 2.79. The Labute approximate surface area is 174 Å². The van der Waals surface area contributed by atoms with E-state index >= 15 is 0 Å². The van der Waals surface area contributed by atoms with Gasteiger partial charge in [-0.25, -0.2) is 0 Å². The van der Waals surface area contributed by atoms with E-state index in [1.807, 2.05) is 17.0 Å². The number of hydrogen-bond donors (Lipinski definition) is 3. The van der Waals surface area contributed by atoms with E-state index < -0.39 is 5.66 Å². The zero-order valence-electron chi connectivity index (χ0n) is 16.2. The van der Waals surface area contributed by atoms with Crippen molar-refractivity contribution in [2.45, 2.75) is 37.9 Å². The molecule has 1 amide bonds. The van der Waals surface area contributed by atoms with Crippen LogP contribution in [0.1, 0.15) is 43.4 Å². The normalized spacial score (nSPS) is 21.1. The van der Waals surface area contributed by atoms with Crippen molar-refractivity contribution in [1.29, 1.82) is 0 Å². The third kappa shape index (κ3) is 3.95. The number of benzene rings is 2. The van der Waals surface area contributed by atoms with Gasteiger partial charge in [0.1, 0.15) is 17.2 Å². The van der Waals surface area contributed by atoms with E-state index in [-0.39, 0.29) is 23.4 Å². The lowest BCUT2D eigenvalue weighted by Gasteiger charge is -2.45. The molecule has 0 saturated carbocycles. The highest BCUT2D eigenvalue weighted by Gasteiger charge is 2.41. The number of aromatic hydroxyl groups is 2. The Balaban J connectivity index is 1.75. The molecule has 3 N–H and O–H groups in total. The molecular formula is C22H24ClN3O3. The van der Waals surface area contributed by atoms with Gasteiger partial charge in [0, 0.05) is 67.2 Å². The summed E-state index contributed by atoms with van der Waals surface area (Å²) in [5.74, 6) is 0.407. The van der Waals surface area contributed by atoms with Crippen LogP contribution in [0.15, 0.2) is 47.5 Å². The van der Waals surface area contributed by atoms with Gasteiger partial charge in [-0.05, 0) is 24.3 Å². The van der Waals surface area contributed by atoms with E-state index in [2.05, 4.69) is 5.32 Å². The summed E-state index contributed by atoms with van der Waals surface area (Å²) in [4.78, 5) is 18.6. The lowest BCUT2D eigenvalue weighted by molar-refractivity contribution is -0.130. The molecule has 2 aliphatic heterocycles. The summed E-state index contributed by atoms with van der Waals surface area (Å²) in [5.41, 5.74) is 1.57. The Morgan fingerprint density at radius 2 is 1.90 bits per heavy atom. The summed E-state index contributed by atoms with van der Waals surface area (Å²) >= 11 is 6.18. The number of rotatable bonds is 2. The number of piperidine rings is 1. The maximum Gasteiger partial charge on any atom is 0.219 e. The molecular weight excluding hydrogens is 390 g/mol. The molecule has 0 aliphatic carbocycles. The van der Waals surface area contributed by atoms with E-state index in [1.54, 1.807) is 37.3 Å². The van der Waals surface area contributed by atoms with Crippen molar-refractivity contribution >= 4 is 23.2 Å². The molecule has 2 heterocycles. The largest absolute Gasteiger partial charge is 0.508 e. The Hall–Kier alpha value is -2.57. The second-order valence-corrected chi connectivity index (χ2v) is 8.15. The predicted octanol–water partition coefficient (Wildman–Crippen LogP) is 3.61. The average Bonchev–Trinajstić information content (AvgIpc) is 2.70. The number of hydrogen-bond acceptors (Lipinski definition) is 5. The van der Waals surface area contributed by atoms with E-state index in [1.165, 1.54) is 0 Å². The molecule has 4 rings (SSSR count). The molecule has 0 radical (unpaired) electrons. The van der Waals surface area contributed by atoms with E-state index in [4.69, 9.17) is 16.6 Å². The maximum absolute atomic E-state index is 11.8. The van der Waals surface area contributed by atoms with E-state index in [0.717, 1.165) is 11.3 Å². The molecule has 2 aromatic carbocycles. The molecule has 1 spiro atoms. The molecule has 1 saturated heterocycles. The SMILES string of the molecule is CC(=O)N1CCC2(CC1)N=C(c1cc(Cl)ccc1O)C[C@H](c1ccccc1O)N2. The highest BCUT2D eigenvalue weighted by molar-refractivity contribution is 6.31. The number of halogens is 1. The maximum atomic E-state index is 11.8. The number of para-hydroxylation sites is 1. The Morgan fingerprint density at radius 1 is 1.17 bits per heavy atom. The number of carbonyl (C=O) groups is 1. The number of amides is 1. The van der Waals surface area contributed by atoms with Gasteiger partial charge in [-0.3, -0.25) is 15.1 Å². The van der Waals surface area contributed by atoms with Crippen LogP contribution in [-0.2, 0) is 4.79 Å². The minimum absolute atomic E-state index is 0.0598. The number of aliphatic imine (C=N–C) groups is 1. The van der Waals surface area contributed by atoms with Crippen molar-refractivity contribution < 1.29 is 15.0 Å². The van der Waals surface area contributed by atoms with Gasteiger partial charge in [0.15, 0.2) is 0 Å². The topological polar surface area (TPSA) is 85.2 Å². The van der Waals surface area contributed by atoms with Crippen LogP contribution in [0.3, 0.4) is 0 Å². The number of phenols is 2. The minimum Gasteiger partial charge on any atom is -0.508 e. The molecule has 29 heavy (non-hydrogen) atoms. The van der Waals surface area contributed by atoms with Gasteiger partial charge < -0.3 is 15.1 Å². The van der Waals surface area contributed by atoms with Gasteiger partial charge in [-0.2, -0.15) is 0 Å². The number of nitrogens with one attached hydrogen (secondary N) is 1. The van der Waals surface area contributed by atoms with Crippen molar-refractivity contribution in [2.75, 3.05) is 13.1 Å². The lowest BCUT2D eigenvalue weighted by Crippen LogP contribution is -2.56. The number of carbonyl (C=O) groups excluding carboxylic acids is 1. The van der Waals surface area contributed by atoms with Gasteiger partial charge in [-0.15, -0.1) is 0 Å². The van der Waals surface area contributed by atoms with Crippen LogP contribution in [0.25, 0.3) is 0 Å². The van der Waals surface area contributed by atoms with Crippen molar-refractivity contribution in [3.8, 4) is 11.5 Å². The first-order chi connectivity index (χ1) is 13.9. The molecule has 152 valence electrons. The zero-order valence-corrected chi connectivity index (χ0v) is 17.0. The van der Waals surface area contributed by atoms with Crippen LogP contribution in [0.4, 0.5) is 0 Å². The number of likely N-dealkylation sites (tertiary alicyclic amines) is 1. The number of nitrogens with zero attached hydrogens (tertiary/aromatic N) is 2. The second kappa shape index (κ2) is 7.69. The van der Waals surface area contributed by atoms with Crippen molar-refractivity contribution in [3.05, 3.63) is 58.6 Å². The molecule has 0 unspecified atom stereocenters.